The van der Waals surface area contributed by atoms with Gasteiger partial charge < -0.3 is 9.64 Å². The van der Waals surface area contributed by atoms with E-state index in [4.69, 9.17) is 4.74 Å². The highest BCUT2D eigenvalue weighted by molar-refractivity contribution is 7.89. The van der Waals surface area contributed by atoms with E-state index in [2.05, 4.69) is 4.72 Å². The second kappa shape index (κ2) is 8.81. The van der Waals surface area contributed by atoms with Gasteiger partial charge in [-0.15, -0.1) is 0 Å². The summed E-state index contributed by atoms with van der Waals surface area (Å²) < 4.78 is 31.8. The highest BCUT2D eigenvalue weighted by atomic mass is 32.2. The van der Waals surface area contributed by atoms with Gasteiger partial charge in [0.1, 0.15) is 18.8 Å². The highest BCUT2D eigenvalue weighted by Gasteiger charge is 2.23. The summed E-state index contributed by atoms with van der Waals surface area (Å²) in [5.74, 6) is -0.761. The van der Waals surface area contributed by atoms with Crippen LogP contribution in [0.1, 0.15) is 11.1 Å². The summed E-state index contributed by atoms with van der Waals surface area (Å²) in [5.41, 5.74) is 1.75. The Morgan fingerprint density at radius 1 is 1.18 bits per heavy atom. The molecule has 0 atom stereocenters. The number of nitrogens with one attached hydrogen (secondary N) is 1. The topological polar surface area (TPSA) is 119 Å². The van der Waals surface area contributed by atoms with Crippen LogP contribution in [0.15, 0.2) is 47.4 Å². The summed E-state index contributed by atoms with van der Waals surface area (Å²) >= 11 is 0. The minimum Gasteiger partial charge on any atom is -0.460 e. The van der Waals surface area contributed by atoms with Crippen LogP contribution in [-0.2, 0) is 26.2 Å². The number of nitrogens with zero attached hydrogens (tertiary/aromatic N) is 2. The van der Waals surface area contributed by atoms with Crippen molar-refractivity contribution >= 4 is 27.4 Å². The summed E-state index contributed by atoms with van der Waals surface area (Å²) in [6.07, 6.45) is 0. The van der Waals surface area contributed by atoms with Crippen molar-refractivity contribution in [2.45, 2.75) is 18.4 Å². The Hall–Kier alpha value is -2.98. The number of aryl methyl sites for hydroxylation is 1. The number of rotatable bonds is 8. The van der Waals surface area contributed by atoms with Crippen LogP contribution in [0, 0.1) is 17.0 Å². The molecule has 0 saturated heterocycles. The predicted molar refractivity (Wildman–Crippen MR) is 104 cm³/mol. The lowest BCUT2D eigenvalue weighted by Gasteiger charge is -2.13. The second-order valence-electron chi connectivity index (χ2n) is 6.27. The second-order valence-corrected chi connectivity index (χ2v) is 8.04. The lowest BCUT2D eigenvalue weighted by atomic mass is 10.2. The first-order chi connectivity index (χ1) is 13.1. The first-order valence-electron chi connectivity index (χ1n) is 8.27. The first kappa shape index (κ1) is 21.3. The molecule has 150 valence electrons. The van der Waals surface area contributed by atoms with Crippen LogP contribution in [-0.4, -0.2) is 40.0 Å². The molecule has 0 fully saturated rings. The Bertz CT molecular complexity index is 971. The summed E-state index contributed by atoms with van der Waals surface area (Å²) in [4.78, 5) is 23.6. The number of carbonyl (C=O) groups excluding carboxylic acids is 1. The zero-order valence-electron chi connectivity index (χ0n) is 15.7. The molecular weight excluding hydrogens is 386 g/mol. The molecule has 28 heavy (non-hydrogen) atoms. The monoisotopic (exact) mass is 407 g/mol. The van der Waals surface area contributed by atoms with Crippen LogP contribution in [0.2, 0.25) is 0 Å². The number of anilines is 1. The van der Waals surface area contributed by atoms with Crippen LogP contribution in [0.5, 0.6) is 0 Å². The van der Waals surface area contributed by atoms with Crippen molar-refractivity contribution in [3.63, 3.8) is 0 Å². The number of nitro benzene ring substituents is 1. The molecule has 0 amide bonds. The molecule has 2 aromatic rings. The number of esters is 1. The van der Waals surface area contributed by atoms with Gasteiger partial charge in [0.05, 0.1) is 9.82 Å². The summed E-state index contributed by atoms with van der Waals surface area (Å²) in [7, 11) is -0.896. The maximum Gasteiger partial charge on any atom is 0.321 e. The number of carbonyl (C=O) groups is 1. The van der Waals surface area contributed by atoms with E-state index in [0.29, 0.717) is 0 Å². The van der Waals surface area contributed by atoms with Crippen molar-refractivity contribution in [3.05, 3.63) is 63.7 Å². The van der Waals surface area contributed by atoms with Crippen LogP contribution in [0.4, 0.5) is 11.4 Å². The molecule has 1 N–H and O–H groups in total. The van der Waals surface area contributed by atoms with E-state index in [-0.39, 0.29) is 22.9 Å². The molecule has 0 heterocycles. The largest absolute Gasteiger partial charge is 0.460 e. The highest BCUT2D eigenvalue weighted by Crippen LogP contribution is 2.29. The number of benzene rings is 2. The van der Waals surface area contributed by atoms with Crippen molar-refractivity contribution in [1.29, 1.82) is 0 Å². The van der Waals surface area contributed by atoms with E-state index >= 15 is 0 Å². The van der Waals surface area contributed by atoms with Gasteiger partial charge in [-0.3, -0.25) is 14.9 Å². The minimum atomic E-state index is -4.12. The number of ether oxygens (including phenoxy) is 1. The lowest BCUT2D eigenvalue weighted by molar-refractivity contribution is -0.384. The average molecular weight is 407 g/mol. The molecule has 0 aromatic heterocycles. The standard InChI is InChI=1S/C18H21N3O6S/c1-13-4-6-14(7-5-13)12-27-18(22)11-19-28(25,26)15-8-9-16(20(2)3)17(10-15)21(23)24/h4-10,19H,11-12H2,1-3H3. The van der Waals surface area contributed by atoms with E-state index in [1.54, 1.807) is 26.2 Å². The molecule has 2 rings (SSSR count). The van der Waals surface area contributed by atoms with Crippen molar-refractivity contribution in [2.75, 3.05) is 25.5 Å². The zero-order valence-corrected chi connectivity index (χ0v) is 16.5. The van der Waals surface area contributed by atoms with E-state index in [1.807, 2.05) is 19.1 Å². The number of nitro groups is 1. The van der Waals surface area contributed by atoms with Crippen LogP contribution in [0.3, 0.4) is 0 Å². The fourth-order valence-electron chi connectivity index (χ4n) is 2.33. The maximum atomic E-state index is 12.3. The van der Waals surface area contributed by atoms with Crippen molar-refractivity contribution in [1.82, 2.24) is 4.72 Å². The molecule has 0 aliphatic heterocycles. The Morgan fingerprint density at radius 3 is 2.39 bits per heavy atom. The molecule has 0 aliphatic carbocycles. The number of hydrogen-bond acceptors (Lipinski definition) is 7. The average Bonchev–Trinajstić information content (AvgIpc) is 2.65. The smallest absolute Gasteiger partial charge is 0.321 e. The molecule has 0 radical (unpaired) electrons. The van der Waals surface area contributed by atoms with Crippen LogP contribution >= 0.6 is 0 Å². The van der Waals surface area contributed by atoms with E-state index in [0.717, 1.165) is 17.2 Å². The third-order valence-corrected chi connectivity index (χ3v) is 5.26. The van der Waals surface area contributed by atoms with E-state index in [9.17, 15) is 23.3 Å². The lowest BCUT2D eigenvalue weighted by Crippen LogP contribution is -2.30. The fourth-order valence-corrected chi connectivity index (χ4v) is 3.32. The van der Waals surface area contributed by atoms with Crippen molar-refractivity contribution in [3.8, 4) is 0 Å². The molecule has 0 aliphatic rings. The Morgan fingerprint density at radius 2 is 1.82 bits per heavy atom. The van der Waals surface area contributed by atoms with Crippen LogP contribution in [0.25, 0.3) is 0 Å². The summed E-state index contributed by atoms with van der Waals surface area (Å²) in [5, 5.41) is 11.2. The van der Waals surface area contributed by atoms with Gasteiger partial charge in [-0.1, -0.05) is 29.8 Å². The van der Waals surface area contributed by atoms with Gasteiger partial charge in [0.2, 0.25) is 10.0 Å². The number of hydrogen-bond donors (Lipinski definition) is 1. The van der Waals surface area contributed by atoms with Crippen molar-refractivity contribution < 1.29 is 22.9 Å². The third kappa shape index (κ3) is 5.51. The molecule has 9 nitrogen and oxygen atoms in total. The van der Waals surface area contributed by atoms with Gasteiger partial charge in [0.15, 0.2) is 0 Å². The van der Waals surface area contributed by atoms with Gasteiger partial charge in [0.25, 0.3) is 5.69 Å². The van der Waals surface area contributed by atoms with Gasteiger partial charge in [-0.05, 0) is 24.6 Å². The van der Waals surface area contributed by atoms with E-state index < -0.39 is 27.5 Å². The summed E-state index contributed by atoms with van der Waals surface area (Å²) in [6, 6.07) is 10.9. The third-order valence-electron chi connectivity index (χ3n) is 3.86. The Kier molecular flexibility index (Phi) is 6.71. The van der Waals surface area contributed by atoms with Gasteiger partial charge in [-0.2, -0.15) is 4.72 Å². The maximum absolute atomic E-state index is 12.3. The summed E-state index contributed by atoms with van der Waals surface area (Å²) in [6.45, 7) is 1.36. The number of sulfonamides is 1. The SMILES string of the molecule is Cc1ccc(COC(=O)CNS(=O)(=O)c2ccc(N(C)C)c([N+](=O)[O-])c2)cc1. The Labute approximate surface area is 163 Å². The molecule has 0 unspecified atom stereocenters. The van der Waals surface area contributed by atoms with Crippen LogP contribution < -0.4 is 9.62 Å². The van der Waals surface area contributed by atoms with Gasteiger partial charge in [0, 0.05) is 20.2 Å². The molecule has 10 heteroatoms. The van der Waals surface area contributed by atoms with E-state index in [1.165, 1.54) is 17.0 Å². The first-order valence-corrected chi connectivity index (χ1v) is 9.75. The minimum absolute atomic E-state index is 0.0177. The molecule has 0 saturated carbocycles. The Balaban J connectivity index is 2.03. The normalized spacial score (nSPS) is 11.1. The zero-order chi connectivity index (χ0) is 20.9. The quantitative estimate of drug-likeness (QED) is 0.404. The molecule has 2 aromatic carbocycles. The molecule has 0 spiro atoms. The molecule has 0 bridgehead atoms. The molecular formula is C18H21N3O6S. The predicted octanol–water partition coefficient (Wildman–Crippen LogP) is 1.99. The fraction of sp³-hybridized carbons (Fsp3) is 0.278. The van der Waals surface area contributed by atoms with Gasteiger partial charge in [-0.25, -0.2) is 8.42 Å². The van der Waals surface area contributed by atoms with Gasteiger partial charge >= 0.3 is 5.97 Å². The van der Waals surface area contributed by atoms with Crippen molar-refractivity contribution in [2.24, 2.45) is 0 Å².